The van der Waals surface area contributed by atoms with Gasteiger partial charge in [-0.15, -0.1) is 0 Å². The molecule has 21 heavy (non-hydrogen) atoms. The first-order chi connectivity index (χ1) is 9.91. The number of likely N-dealkylation sites (N-methyl/N-ethyl adjacent to an activating group) is 1. The predicted octanol–water partition coefficient (Wildman–Crippen LogP) is 3.43. The second-order valence-electron chi connectivity index (χ2n) is 4.92. The van der Waals surface area contributed by atoms with Gasteiger partial charge in [-0.3, -0.25) is 4.90 Å². The Balaban J connectivity index is 2.20. The van der Waals surface area contributed by atoms with Gasteiger partial charge in [0.2, 0.25) is 0 Å². The molecule has 6 heteroatoms. The minimum Gasteiger partial charge on any atom is -0.472 e. The molecule has 0 saturated carbocycles. The SMILES string of the molecule is CN(Cc1ccoc1)C(CN)c1cccc(C(F)(F)F)c1. The summed E-state index contributed by atoms with van der Waals surface area (Å²) >= 11 is 0. The molecule has 1 atom stereocenters. The maximum Gasteiger partial charge on any atom is 0.416 e. The summed E-state index contributed by atoms with van der Waals surface area (Å²) < 4.78 is 43.3. The van der Waals surface area contributed by atoms with Crippen LogP contribution in [0.4, 0.5) is 13.2 Å². The summed E-state index contributed by atoms with van der Waals surface area (Å²) in [6.07, 6.45) is -1.18. The lowest BCUT2D eigenvalue weighted by molar-refractivity contribution is -0.137. The Hall–Kier alpha value is -1.79. The smallest absolute Gasteiger partial charge is 0.416 e. The van der Waals surface area contributed by atoms with E-state index < -0.39 is 11.7 Å². The van der Waals surface area contributed by atoms with E-state index in [1.165, 1.54) is 6.07 Å². The Bertz CT molecular complexity index is 567. The highest BCUT2D eigenvalue weighted by Crippen LogP contribution is 2.31. The van der Waals surface area contributed by atoms with E-state index >= 15 is 0 Å². The summed E-state index contributed by atoms with van der Waals surface area (Å²) in [5, 5.41) is 0. The van der Waals surface area contributed by atoms with Crippen LogP contribution in [0.1, 0.15) is 22.7 Å². The fourth-order valence-electron chi connectivity index (χ4n) is 2.27. The number of furan rings is 1. The lowest BCUT2D eigenvalue weighted by Crippen LogP contribution is -2.30. The lowest BCUT2D eigenvalue weighted by Gasteiger charge is -2.27. The van der Waals surface area contributed by atoms with E-state index in [9.17, 15) is 13.2 Å². The quantitative estimate of drug-likeness (QED) is 0.919. The summed E-state index contributed by atoms with van der Waals surface area (Å²) in [6.45, 7) is 0.782. The Morgan fingerprint density at radius 3 is 2.62 bits per heavy atom. The van der Waals surface area contributed by atoms with Crippen molar-refractivity contribution in [3.05, 3.63) is 59.5 Å². The van der Waals surface area contributed by atoms with E-state index in [0.717, 1.165) is 17.7 Å². The van der Waals surface area contributed by atoms with Gasteiger partial charge in [0.05, 0.1) is 18.1 Å². The molecular weight excluding hydrogens is 281 g/mol. The van der Waals surface area contributed by atoms with Crippen molar-refractivity contribution in [3.63, 3.8) is 0 Å². The molecular formula is C15H17F3N2O. The van der Waals surface area contributed by atoms with Crippen molar-refractivity contribution in [2.75, 3.05) is 13.6 Å². The maximum atomic E-state index is 12.8. The Morgan fingerprint density at radius 2 is 2.05 bits per heavy atom. The van der Waals surface area contributed by atoms with E-state index in [2.05, 4.69) is 0 Å². The molecule has 0 aliphatic carbocycles. The molecule has 0 bridgehead atoms. The molecule has 0 amide bonds. The average molecular weight is 298 g/mol. The Kier molecular flexibility index (Phi) is 4.69. The number of halogens is 3. The highest BCUT2D eigenvalue weighted by atomic mass is 19.4. The van der Waals surface area contributed by atoms with Gasteiger partial charge >= 0.3 is 6.18 Å². The molecule has 0 saturated heterocycles. The Morgan fingerprint density at radius 1 is 1.29 bits per heavy atom. The molecule has 1 heterocycles. The maximum absolute atomic E-state index is 12.8. The zero-order chi connectivity index (χ0) is 15.5. The number of nitrogens with two attached hydrogens (primary N) is 1. The Labute approximate surface area is 121 Å². The monoisotopic (exact) mass is 298 g/mol. The predicted molar refractivity (Wildman–Crippen MR) is 73.4 cm³/mol. The van der Waals surface area contributed by atoms with Crippen LogP contribution in [-0.2, 0) is 12.7 Å². The molecule has 1 unspecified atom stereocenters. The molecule has 0 aliphatic rings. The van der Waals surface area contributed by atoms with Crippen molar-refractivity contribution in [3.8, 4) is 0 Å². The van der Waals surface area contributed by atoms with Gasteiger partial charge in [0.15, 0.2) is 0 Å². The molecule has 0 aliphatic heterocycles. The van der Waals surface area contributed by atoms with Crippen LogP contribution in [0.15, 0.2) is 47.3 Å². The normalized spacial score (nSPS) is 13.6. The number of alkyl halides is 3. The van der Waals surface area contributed by atoms with Gasteiger partial charge in [-0.05, 0) is 30.8 Å². The largest absolute Gasteiger partial charge is 0.472 e. The van der Waals surface area contributed by atoms with Crippen molar-refractivity contribution in [1.29, 1.82) is 0 Å². The second kappa shape index (κ2) is 6.32. The van der Waals surface area contributed by atoms with Crippen LogP contribution >= 0.6 is 0 Å². The summed E-state index contributed by atoms with van der Waals surface area (Å²) in [7, 11) is 1.82. The third-order valence-electron chi connectivity index (χ3n) is 3.37. The summed E-state index contributed by atoms with van der Waals surface area (Å²) in [5.74, 6) is 0. The van der Waals surface area contributed by atoms with Gasteiger partial charge in [-0.1, -0.05) is 12.1 Å². The fraction of sp³-hybridized carbons (Fsp3) is 0.333. The second-order valence-corrected chi connectivity index (χ2v) is 4.92. The van der Waals surface area contributed by atoms with Gasteiger partial charge in [0.1, 0.15) is 0 Å². The van der Waals surface area contributed by atoms with Crippen LogP contribution in [-0.4, -0.2) is 18.5 Å². The molecule has 2 aromatic rings. The minimum atomic E-state index is -4.35. The van der Waals surface area contributed by atoms with E-state index in [4.69, 9.17) is 10.2 Å². The zero-order valence-corrected chi connectivity index (χ0v) is 11.6. The highest BCUT2D eigenvalue weighted by molar-refractivity contribution is 5.28. The van der Waals surface area contributed by atoms with Gasteiger partial charge in [0, 0.05) is 24.7 Å². The molecule has 2 rings (SSSR count). The van der Waals surface area contributed by atoms with E-state index in [1.54, 1.807) is 18.6 Å². The van der Waals surface area contributed by atoms with Gasteiger partial charge in [0.25, 0.3) is 0 Å². The van der Waals surface area contributed by atoms with E-state index in [1.807, 2.05) is 18.0 Å². The van der Waals surface area contributed by atoms with Crippen LogP contribution < -0.4 is 5.73 Å². The van der Waals surface area contributed by atoms with Crippen molar-refractivity contribution in [2.24, 2.45) is 5.73 Å². The number of rotatable bonds is 5. The molecule has 1 aromatic carbocycles. The van der Waals surface area contributed by atoms with E-state index in [-0.39, 0.29) is 12.6 Å². The summed E-state index contributed by atoms with van der Waals surface area (Å²) in [6, 6.07) is 6.82. The van der Waals surface area contributed by atoms with Crippen molar-refractivity contribution in [1.82, 2.24) is 4.90 Å². The first kappa shape index (κ1) is 15.6. The first-order valence-electron chi connectivity index (χ1n) is 6.50. The average Bonchev–Trinajstić information content (AvgIpc) is 2.92. The van der Waals surface area contributed by atoms with E-state index in [0.29, 0.717) is 12.1 Å². The number of hydrogen-bond donors (Lipinski definition) is 1. The molecule has 1 aromatic heterocycles. The van der Waals surface area contributed by atoms with Crippen LogP contribution in [0.2, 0.25) is 0 Å². The summed E-state index contributed by atoms with van der Waals surface area (Å²) in [5.41, 5.74) is 6.59. The number of benzene rings is 1. The molecule has 0 fully saturated rings. The van der Waals surface area contributed by atoms with Crippen LogP contribution in [0.3, 0.4) is 0 Å². The third kappa shape index (κ3) is 3.86. The topological polar surface area (TPSA) is 42.4 Å². The molecule has 3 nitrogen and oxygen atoms in total. The summed E-state index contributed by atoms with van der Waals surface area (Å²) in [4.78, 5) is 1.90. The van der Waals surface area contributed by atoms with Crippen LogP contribution in [0, 0.1) is 0 Å². The lowest BCUT2D eigenvalue weighted by atomic mass is 10.0. The molecule has 0 radical (unpaired) electrons. The minimum absolute atomic E-state index is 0.232. The number of nitrogens with zero attached hydrogens (tertiary/aromatic N) is 1. The highest BCUT2D eigenvalue weighted by Gasteiger charge is 2.31. The van der Waals surface area contributed by atoms with Crippen LogP contribution in [0.25, 0.3) is 0 Å². The van der Waals surface area contributed by atoms with Crippen LogP contribution in [0.5, 0.6) is 0 Å². The third-order valence-corrected chi connectivity index (χ3v) is 3.37. The molecule has 114 valence electrons. The fourth-order valence-corrected chi connectivity index (χ4v) is 2.27. The zero-order valence-electron chi connectivity index (χ0n) is 11.6. The van der Waals surface area contributed by atoms with Gasteiger partial charge in [-0.25, -0.2) is 0 Å². The van der Waals surface area contributed by atoms with Crippen molar-refractivity contribution >= 4 is 0 Å². The number of hydrogen-bond acceptors (Lipinski definition) is 3. The molecule has 0 spiro atoms. The standard InChI is InChI=1S/C15H17F3N2O/c1-20(9-11-5-6-21-10-11)14(8-19)12-3-2-4-13(7-12)15(16,17)18/h2-7,10,14H,8-9,19H2,1H3. The van der Waals surface area contributed by atoms with Crippen molar-refractivity contribution in [2.45, 2.75) is 18.8 Å². The van der Waals surface area contributed by atoms with Crippen molar-refractivity contribution < 1.29 is 17.6 Å². The molecule has 2 N–H and O–H groups in total. The first-order valence-corrected chi connectivity index (χ1v) is 6.50. The van der Waals surface area contributed by atoms with Gasteiger partial charge < -0.3 is 10.2 Å². The van der Waals surface area contributed by atoms with Gasteiger partial charge in [-0.2, -0.15) is 13.2 Å².